The van der Waals surface area contributed by atoms with Crippen molar-refractivity contribution in [2.75, 3.05) is 5.32 Å². The molecule has 0 fully saturated rings. The van der Waals surface area contributed by atoms with E-state index >= 15 is 0 Å². The molecule has 0 radical (unpaired) electrons. The van der Waals surface area contributed by atoms with Crippen molar-refractivity contribution in [3.05, 3.63) is 42.5 Å². The summed E-state index contributed by atoms with van der Waals surface area (Å²) in [7, 11) is 0. The number of hydrogen-bond donors (Lipinski definition) is 1. The molecule has 0 atom stereocenters. The first kappa shape index (κ1) is 11.1. The Morgan fingerprint density at radius 1 is 1.11 bits per heavy atom. The van der Waals surface area contributed by atoms with Crippen LogP contribution in [0, 0.1) is 0 Å². The molecule has 0 bridgehead atoms. The molecule has 3 aromatic rings. The molecule has 3 rings (SSSR count). The Morgan fingerprint density at radius 3 is 2.68 bits per heavy atom. The number of rotatable bonds is 3. The fourth-order valence-corrected chi connectivity index (χ4v) is 1.38. The molecule has 0 unspecified atom stereocenters. The predicted molar refractivity (Wildman–Crippen MR) is 62.0 cm³/mol. The van der Waals surface area contributed by atoms with Crippen LogP contribution in [0.3, 0.4) is 0 Å². The number of carbonyl (C=O) groups is 1. The van der Waals surface area contributed by atoms with Crippen molar-refractivity contribution in [1.82, 2.24) is 20.3 Å². The maximum atomic E-state index is 11.6. The lowest BCUT2D eigenvalue weighted by Crippen LogP contribution is -2.11. The fourth-order valence-electron chi connectivity index (χ4n) is 1.38. The highest BCUT2D eigenvalue weighted by Gasteiger charge is 2.14. The maximum absolute atomic E-state index is 11.6. The van der Waals surface area contributed by atoms with Crippen LogP contribution < -0.4 is 5.32 Å². The van der Waals surface area contributed by atoms with Crippen molar-refractivity contribution in [1.29, 1.82) is 0 Å². The maximum Gasteiger partial charge on any atom is 0.322 e. The molecular weight excluding hydrogens is 250 g/mol. The number of nitrogens with one attached hydrogen (secondary N) is 1. The lowest BCUT2D eigenvalue weighted by molar-refractivity contribution is 0.0985. The van der Waals surface area contributed by atoms with Crippen molar-refractivity contribution in [2.45, 2.75) is 0 Å². The summed E-state index contributed by atoms with van der Waals surface area (Å²) in [5.74, 6) is -0.165. The minimum absolute atomic E-state index is 0.0202. The van der Waals surface area contributed by atoms with Crippen LogP contribution in [0.4, 0.5) is 6.01 Å². The fraction of sp³-hybridized carbons (Fsp3) is 0. The van der Waals surface area contributed by atoms with E-state index in [2.05, 4.69) is 25.7 Å². The molecule has 0 aliphatic heterocycles. The monoisotopic (exact) mass is 257 g/mol. The van der Waals surface area contributed by atoms with Crippen LogP contribution in [0.2, 0.25) is 0 Å². The number of anilines is 1. The Kier molecular flexibility index (Phi) is 2.73. The molecule has 94 valence electrons. The predicted octanol–water partition coefficient (Wildman–Crippen LogP) is 1.37. The second kappa shape index (κ2) is 4.69. The van der Waals surface area contributed by atoms with Crippen molar-refractivity contribution in [2.24, 2.45) is 0 Å². The molecule has 0 aliphatic carbocycles. The van der Waals surface area contributed by atoms with Crippen LogP contribution in [-0.2, 0) is 0 Å². The zero-order valence-corrected chi connectivity index (χ0v) is 9.48. The van der Waals surface area contributed by atoms with Crippen molar-refractivity contribution >= 4 is 11.9 Å². The second-order valence-corrected chi connectivity index (χ2v) is 3.48. The summed E-state index contributed by atoms with van der Waals surface area (Å²) in [4.78, 5) is 15.5. The van der Waals surface area contributed by atoms with Gasteiger partial charge in [0.15, 0.2) is 0 Å². The minimum Gasteiger partial charge on any atom is -0.403 e. The van der Waals surface area contributed by atoms with Crippen molar-refractivity contribution in [3.8, 4) is 11.5 Å². The molecule has 0 saturated heterocycles. The van der Waals surface area contributed by atoms with Gasteiger partial charge >= 0.3 is 6.01 Å². The van der Waals surface area contributed by atoms with Gasteiger partial charge in [-0.1, -0.05) is 10.3 Å². The van der Waals surface area contributed by atoms with E-state index in [4.69, 9.17) is 8.94 Å². The summed E-state index contributed by atoms with van der Waals surface area (Å²) < 4.78 is 9.99. The lowest BCUT2D eigenvalue weighted by atomic mass is 10.3. The standard InChI is InChI=1S/C11H7N5O3/c17-9(8-3-6-13-19-8)14-11-16-15-10(18-11)7-1-4-12-5-2-7/h1-6H,(H,14,16,17). The van der Waals surface area contributed by atoms with Crippen LogP contribution in [0.5, 0.6) is 0 Å². The molecule has 0 aromatic carbocycles. The van der Waals surface area contributed by atoms with Gasteiger partial charge < -0.3 is 8.94 Å². The molecule has 8 heteroatoms. The van der Waals surface area contributed by atoms with E-state index in [9.17, 15) is 4.79 Å². The van der Waals surface area contributed by atoms with E-state index in [1.165, 1.54) is 12.3 Å². The summed E-state index contributed by atoms with van der Waals surface area (Å²) in [6, 6.07) is 4.84. The average molecular weight is 257 g/mol. The first-order chi connectivity index (χ1) is 9.33. The first-order valence-electron chi connectivity index (χ1n) is 5.29. The van der Waals surface area contributed by atoms with E-state index in [0.717, 1.165) is 0 Å². The third-order valence-corrected chi connectivity index (χ3v) is 2.23. The van der Waals surface area contributed by atoms with Gasteiger partial charge in [0.25, 0.3) is 5.91 Å². The van der Waals surface area contributed by atoms with Gasteiger partial charge in [-0.2, -0.15) is 0 Å². The molecule has 0 spiro atoms. The Hall–Kier alpha value is -3.03. The zero-order valence-electron chi connectivity index (χ0n) is 9.48. The largest absolute Gasteiger partial charge is 0.403 e. The number of nitrogens with zero attached hydrogens (tertiary/aromatic N) is 4. The highest BCUT2D eigenvalue weighted by molar-refractivity contribution is 6.00. The quantitative estimate of drug-likeness (QED) is 0.754. The molecular formula is C11H7N5O3. The summed E-state index contributed by atoms with van der Waals surface area (Å²) >= 11 is 0. The topological polar surface area (TPSA) is 107 Å². The molecule has 3 heterocycles. The SMILES string of the molecule is O=C(Nc1nnc(-c2ccncc2)o1)c1ccno1. The van der Waals surface area contributed by atoms with Crippen molar-refractivity contribution in [3.63, 3.8) is 0 Å². The van der Waals surface area contributed by atoms with Gasteiger partial charge in [0.1, 0.15) is 0 Å². The van der Waals surface area contributed by atoms with Crippen LogP contribution in [0.15, 0.2) is 45.7 Å². The van der Waals surface area contributed by atoms with Crippen molar-refractivity contribution < 1.29 is 13.7 Å². The summed E-state index contributed by atoms with van der Waals surface area (Å²) in [5, 5.41) is 13.4. The Morgan fingerprint density at radius 2 is 1.95 bits per heavy atom. The molecule has 19 heavy (non-hydrogen) atoms. The summed E-state index contributed by atoms with van der Waals surface area (Å²) in [5.41, 5.74) is 0.711. The first-order valence-corrected chi connectivity index (χ1v) is 5.29. The molecule has 1 N–H and O–H groups in total. The van der Waals surface area contributed by atoms with E-state index < -0.39 is 5.91 Å². The molecule has 0 saturated carbocycles. The molecule has 0 aliphatic rings. The Balaban J connectivity index is 1.77. The number of carbonyl (C=O) groups excluding carboxylic acids is 1. The van der Waals surface area contributed by atoms with Gasteiger partial charge in [-0.05, 0) is 12.1 Å². The van der Waals surface area contributed by atoms with E-state index in [0.29, 0.717) is 5.56 Å². The van der Waals surface area contributed by atoms with Gasteiger partial charge in [0, 0.05) is 24.0 Å². The third-order valence-electron chi connectivity index (χ3n) is 2.23. The Labute approximate surface area is 106 Å². The smallest absolute Gasteiger partial charge is 0.322 e. The van der Waals surface area contributed by atoms with Gasteiger partial charge in [-0.3, -0.25) is 15.1 Å². The normalized spacial score (nSPS) is 10.3. The zero-order chi connectivity index (χ0) is 13.1. The second-order valence-electron chi connectivity index (χ2n) is 3.48. The van der Waals surface area contributed by atoms with E-state index in [1.54, 1.807) is 24.5 Å². The van der Waals surface area contributed by atoms with Gasteiger partial charge in [0.05, 0.1) is 6.20 Å². The summed E-state index contributed by atoms with van der Waals surface area (Å²) in [6.45, 7) is 0. The molecule has 3 aromatic heterocycles. The Bertz CT molecular complexity index is 677. The highest BCUT2D eigenvalue weighted by Crippen LogP contribution is 2.18. The molecule has 8 nitrogen and oxygen atoms in total. The van der Waals surface area contributed by atoms with Crippen LogP contribution >= 0.6 is 0 Å². The number of pyridine rings is 1. The molecule has 1 amide bonds. The van der Waals surface area contributed by atoms with E-state index in [1.807, 2.05) is 0 Å². The lowest BCUT2D eigenvalue weighted by Gasteiger charge is -1.95. The van der Waals surface area contributed by atoms with Crippen LogP contribution in [0.1, 0.15) is 10.6 Å². The van der Waals surface area contributed by atoms with Crippen LogP contribution in [-0.4, -0.2) is 26.2 Å². The third kappa shape index (κ3) is 2.32. The minimum atomic E-state index is -0.512. The number of amides is 1. The van der Waals surface area contributed by atoms with E-state index in [-0.39, 0.29) is 17.7 Å². The summed E-state index contributed by atoms with van der Waals surface area (Å²) in [6.07, 6.45) is 4.57. The number of hydrogen-bond acceptors (Lipinski definition) is 7. The van der Waals surface area contributed by atoms with Gasteiger partial charge in [0.2, 0.25) is 11.7 Å². The average Bonchev–Trinajstić information content (AvgIpc) is 3.11. The highest BCUT2D eigenvalue weighted by atomic mass is 16.5. The van der Waals surface area contributed by atoms with Gasteiger partial charge in [-0.15, -0.1) is 5.10 Å². The number of aromatic nitrogens is 4. The van der Waals surface area contributed by atoms with Crippen LogP contribution in [0.25, 0.3) is 11.5 Å². The van der Waals surface area contributed by atoms with Gasteiger partial charge in [-0.25, -0.2) is 0 Å².